The first kappa shape index (κ1) is 19.5. The SMILES string of the molecule is C=C(CC(C)(C)C)C(CCC(C)(C)C)OC(=O)c1ccccc1. The van der Waals surface area contributed by atoms with Crippen molar-refractivity contribution in [1.82, 2.24) is 0 Å². The predicted molar refractivity (Wildman–Crippen MR) is 97.5 cm³/mol. The predicted octanol–water partition coefficient (Wildman–Crippen LogP) is 6.03. The van der Waals surface area contributed by atoms with Crippen LogP contribution in [0.15, 0.2) is 42.5 Å². The van der Waals surface area contributed by atoms with Crippen molar-refractivity contribution in [3.8, 4) is 0 Å². The Morgan fingerprint density at radius 2 is 1.61 bits per heavy atom. The molecule has 1 unspecified atom stereocenters. The lowest BCUT2D eigenvalue weighted by molar-refractivity contribution is 0.0322. The van der Waals surface area contributed by atoms with Gasteiger partial charge in [0.05, 0.1) is 5.56 Å². The van der Waals surface area contributed by atoms with E-state index in [1.807, 2.05) is 18.2 Å². The third-order valence-corrected chi connectivity index (χ3v) is 3.63. The van der Waals surface area contributed by atoms with Crippen LogP contribution in [-0.2, 0) is 4.74 Å². The van der Waals surface area contributed by atoms with Crippen molar-refractivity contribution >= 4 is 5.97 Å². The molecule has 0 aliphatic carbocycles. The number of carbonyl (C=O) groups is 1. The van der Waals surface area contributed by atoms with Crippen LogP contribution in [0.2, 0.25) is 0 Å². The maximum Gasteiger partial charge on any atom is 0.338 e. The minimum absolute atomic E-state index is 0.135. The summed E-state index contributed by atoms with van der Waals surface area (Å²) in [4.78, 5) is 12.4. The van der Waals surface area contributed by atoms with E-state index in [1.165, 1.54) is 0 Å². The van der Waals surface area contributed by atoms with E-state index in [2.05, 4.69) is 48.1 Å². The maximum absolute atomic E-state index is 12.4. The van der Waals surface area contributed by atoms with E-state index in [9.17, 15) is 4.79 Å². The molecule has 1 aromatic carbocycles. The highest BCUT2D eigenvalue weighted by molar-refractivity contribution is 5.89. The molecule has 0 aliphatic heterocycles. The van der Waals surface area contributed by atoms with Gasteiger partial charge in [-0.05, 0) is 47.8 Å². The Morgan fingerprint density at radius 1 is 1.04 bits per heavy atom. The van der Waals surface area contributed by atoms with Gasteiger partial charge < -0.3 is 4.74 Å². The highest BCUT2D eigenvalue weighted by Crippen LogP contribution is 2.30. The average molecular weight is 316 g/mol. The summed E-state index contributed by atoms with van der Waals surface area (Å²) in [5, 5.41) is 0. The number of hydrogen-bond donors (Lipinski definition) is 0. The molecule has 0 amide bonds. The van der Waals surface area contributed by atoms with Crippen molar-refractivity contribution in [1.29, 1.82) is 0 Å². The molecule has 2 heteroatoms. The van der Waals surface area contributed by atoms with Crippen molar-refractivity contribution in [3.05, 3.63) is 48.0 Å². The zero-order chi connectivity index (χ0) is 17.7. The quantitative estimate of drug-likeness (QED) is 0.473. The molecule has 2 nitrogen and oxygen atoms in total. The molecule has 0 saturated carbocycles. The monoisotopic (exact) mass is 316 g/mol. The molecule has 128 valence electrons. The zero-order valence-electron chi connectivity index (χ0n) is 15.6. The molecule has 0 radical (unpaired) electrons. The largest absolute Gasteiger partial charge is 0.454 e. The van der Waals surface area contributed by atoms with E-state index < -0.39 is 0 Å². The van der Waals surface area contributed by atoms with E-state index in [4.69, 9.17) is 4.74 Å². The van der Waals surface area contributed by atoms with Crippen molar-refractivity contribution < 1.29 is 9.53 Å². The molecule has 1 rings (SSSR count). The fourth-order valence-electron chi connectivity index (χ4n) is 2.48. The summed E-state index contributed by atoms with van der Waals surface area (Å²) in [6.07, 6.45) is 2.44. The highest BCUT2D eigenvalue weighted by atomic mass is 16.5. The van der Waals surface area contributed by atoms with Crippen molar-refractivity contribution in [2.24, 2.45) is 10.8 Å². The molecule has 0 spiro atoms. The summed E-state index contributed by atoms with van der Waals surface area (Å²) in [7, 11) is 0. The van der Waals surface area contributed by atoms with Crippen LogP contribution in [0.25, 0.3) is 0 Å². The van der Waals surface area contributed by atoms with E-state index >= 15 is 0 Å². The molecule has 0 aliphatic rings. The van der Waals surface area contributed by atoms with E-state index in [0.29, 0.717) is 5.56 Å². The lowest BCUT2D eigenvalue weighted by Gasteiger charge is -2.28. The van der Waals surface area contributed by atoms with Crippen molar-refractivity contribution in [2.75, 3.05) is 0 Å². The Labute approximate surface area is 141 Å². The van der Waals surface area contributed by atoms with Crippen LogP contribution in [0.3, 0.4) is 0 Å². The molecule has 0 fully saturated rings. The minimum Gasteiger partial charge on any atom is -0.454 e. The third kappa shape index (κ3) is 8.01. The summed E-state index contributed by atoms with van der Waals surface area (Å²) < 4.78 is 5.80. The van der Waals surface area contributed by atoms with Gasteiger partial charge in [-0.1, -0.05) is 66.3 Å². The average Bonchev–Trinajstić information content (AvgIpc) is 2.41. The molecule has 0 N–H and O–H groups in total. The normalized spacial score (nSPS) is 13.5. The smallest absolute Gasteiger partial charge is 0.338 e. The second-order valence-electron chi connectivity index (χ2n) is 8.75. The van der Waals surface area contributed by atoms with Gasteiger partial charge in [-0.25, -0.2) is 4.79 Å². The van der Waals surface area contributed by atoms with Crippen LogP contribution in [0.4, 0.5) is 0 Å². The fourth-order valence-corrected chi connectivity index (χ4v) is 2.48. The number of hydrogen-bond acceptors (Lipinski definition) is 2. The van der Waals surface area contributed by atoms with E-state index in [1.54, 1.807) is 12.1 Å². The first-order valence-corrected chi connectivity index (χ1v) is 8.42. The van der Waals surface area contributed by atoms with Gasteiger partial charge in [0.1, 0.15) is 6.10 Å². The summed E-state index contributed by atoms with van der Waals surface area (Å²) >= 11 is 0. The van der Waals surface area contributed by atoms with Gasteiger partial charge in [-0.3, -0.25) is 0 Å². The summed E-state index contributed by atoms with van der Waals surface area (Å²) in [5.41, 5.74) is 1.94. The van der Waals surface area contributed by atoms with Gasteiger partial charge in [-0.2, -0.15) is 0 Å². The van der Waals surface area contributed by atoms with E-state index in [0.717, 1.165) is 24.8 Å². The Balaban J connectivity index is 2.82. The molecule has 1 aromatic rings. The number of benzene rings is 1. The van der Waals surface area contributed by atoms with Crippen LogP contribution in [0.1, 0.15) is 71.2 Å². The van der Waals surface area contributed by atoms with E-state index in [-0.39, 0.29) is 22.9 Å². The number of esters is 1. The number of carbonyl (C=O) groups excluding carboxylic acids is 1. The van der Waals surface area contributed by atoms with Crippen LogP contribution in [-0.4, -0.2) is 12.1 Å². The molecule has 23 heavy (non-hydrogen) atoms. The van der Waals surface area contributed by atoms with Gasteiger partial charge in [0.25, 0.3) is 0 Å². The minimum atomic E-state index is -0.264. The second-order valence-corrected chi connectivity index (χ2v) is 8.75. The Morgan fingerprint density at radius 3 is 2.09 bits per heavy atom. The van der Waals surface area contributed by atoms with Gasteiger partial charge in [0, 0.05) is 0 Å². The lowest BCUT2D eigenvalue weighted by atomic mass is 9.83. The Bertz CT molecular complexity index is 515. The molecule has 1 atom stereocenters. The summed E-state index contributed by atoms with van der Waals surface area (Å²) in [6, 6.07) is 9.17. The van der Waals surface area contributed by atoms with Gasteiger partial charge in [0.15, 0.2) is 0 Å². The maximum atomic E-state index is 12.4. The third-order valence-electron chi connectivity index (χ3n) is 3.63. The van der Waals surface area contributed by atoms with Crippen LogP contribution in [0.5, 0.6) is 0 Å². The number of rotatable bonds is 6. The fraction of sp³-hybridized carbons (Fsp3) is 0.571. The number of ether oxygens (including phenoxy) is 1. The highest BCUT2D eigenvalue weighted by Gasteiger charge is 2.24. The van der Waals surface area contributed by atoms with Crippen LogP contribution < -0.4 is 0 Å². The first-order chi connectivity index (χ1) is 10.5. The van der Waals surface area contributed by atoms with Crippen LogP contribution in [0, 0.1) is 10.8 Å². The van der Waals surface area contributed by atoms with Crippen LogP contribution >= 0.6 is 0 Å². The lowest BCUT2D eigenvalue weighted by Crippen LogP contribution is -2.24. The van der Waals surface area contributed by atoms with Gasteiger partial charge >= 0.3 is 5.97 Å². The van der Waals surface area contributed by atoms with Gasteiger partial charge in [-0.15, -0.1) is 0 Å². The Hall–Kier alpha value is -1.57. The molecule has 0 saturated heterocycles. The Kier molecular flexibility index (Phi) is 6.61. The first-order valence-electron chi connectivity index (χ1n) is 8.42. The second kappa shape index (κ2) is 7.81. The zero-order valence-corrected chi connectivity index (χ0v) is 15.6. The molecule has 0 aromatic heterocycles. The van der Waals surface area contributed by atoms with Crippen molar-refractivity contribution in [3.63, 3.8) is 0 Å². The molecular weight excluding hydrogens is 284 g/mol. The molecular formula is C21H32O2. The summed E-state index contributed by atoms with van der Waals surface area (Å²) in [5.74, 6) is -0.264. The molecule has 0 heterocycles. The summed E-state index contributed by atoms with van der Waals surface area (Å²) in [6.45, 7) is 17.4. The van der Waals surface area contributed by atoms with Crippen molar-refractivity contribution in [2.45, 2.75) is 66.9 Å². The molecule has 0 bridgehead atoms. The standard InChI is InChI=1S/C21H32O2/c1-16(15-21(5,6)7)18(13-14-20(2,3)4)23-19(22)17-11-9-8-10-12-17/h8-12,18H,1,13-15H2,2-7H3. The van der Waals surface area contributed by atoms with Gasteiger partial charge in [0.2, 0.25) is 0 Å². The topological polar surface area (TPSA) is 26.3 Å².